The first-order valence-electron chi connectivity index (χ1n) is 8.06. The smallest absolute Gasteiger partial charge is 0.309 e. The zero-order valence-corrected chi connectivity index (χ0v) is 16.5. The van der Waals surface area contributed by atoms with Crippen molar-refractivity contribution in [3.63, 3.8) is 0 Å². The number of thiazole rings is 1. The van der Waals surface area contributed by atoms with Gasteiger partial charge in [0.1, 0.15) is 5.01 Å². The molecule has 3 rings (SSSR count). The Kier molecular flexibility index (Phi) is 5.92. The molecule has 0 spiro atoms. The minimum Gasteiger partial charge on any atom is -0.309 e. The van der Waals surface area contributed by atoms with Crippen LogP contribution in [0.3, 0.4) is 0 Å². The van der Waals surface area contributed by atoms with E-state index < -0.39 is 7.60 Å². The molecule has 0 aliphatic heterocycles. The van der Waals surface area contributed by atoms with Gasteiger partial charge in [0.2, 0.25) is 0 Å². The van der Waals surface area contributed by atoms with Crippen molar-refractivity contribution in [3.8, 4) is 10.6 Å². The van der Waals surface area contributed by atoms with Gasteiger partial charge >= 0.3 is 7.60 Å². The van der Waals surface area contributed by atoms with Gasteiger partial charge in [-0.3, -0.25) is 4.57 Å². The predicted octanol–water partition coefficient (Wildman–Crippen LogP) is 6.38. The van der Waals surface area contributed by atoms with Crippen LogP contribution >= 0.6 is 30.5 Å². The van der Waals surface area contributed by atoms with E-state index in [1.54, 1.807) is 11.3 Å². The van der Waals surface area contributed by atoms with Crippen LogP contribution in [0.5, 0.6) is 0 Å². The summed E-state index contributed by atoms with van der Waals surface area (Å²) < 4.78 is 24.4. The lowest BCUT2D eigenvalue weighted by Crippen LogP contribution is -1.99. The van der Waals surface area contributed by atoms with Crippen LogP contribution in [0.2, 0.25) is 5.02 Å². The van der Waals surface area contributed by atoms with E-state index in [2.05, 4.69) is 4.98 Å². The molecule has 0 saturated heterocycles. The minimum absolute atomic E-state index is 0.268. The first-order chi connectivity index (χ1) is 12.0. The number of rotatable bonds is 7. The second-order valence-corrected chi connectivity index (χ2v) is 8.95. The Morgan fingerprint density at radius 2 is 1.76 bits per heavy atom. The van der Waals surface area contributed by atoms with Crippen LogP contribution < -0.4 is 0 Å². The van der Waals surface area contributed by atoms with E-state index in [9.17, 15) is 4.57 Å². The molecule has 0 unspecified atom stereocenters. The fourth-order valence-electron chi connectivity index (χ4n) is 2.52. The number of nitrogens with zero attached hydrogens (tertiary/aromatic N) is 1. The zero-order valence-electron chi connectivity index (χ0n) is 14.1. The van der Waals surface area contributed by atoms with Gasteiger partial charge in [0.25, 0.3) is 0 Å². The highest BCUT2D eigenvalue weighted by molar-refractivity contribution is 7.53. The van der Waals surface area contributed by atoms with Gasteiger partial charge in [-0.15, -0.1) is 11.3 Å². The van der Waals surface area contributed by atoms with E-state index in [0.29, 0.717) is 18.2 Å². The molecule has 0 radical (unpaired) electrons. The summed E-state index contributed by atoms with van der Waals surface area (Å²) in [6.45, 7) is 4.36. The van der Waals surface area contributed by atoms with Crippen LogP contribution in [0.1, 0.15) is 19.4 Å². The van der Waals surface area contributed by atoms with Gasteiger partial charge < -0.3 is 9.05 Å². The summed E-state index contributed by atoms with van der Waals surface area (Å²) in [6, 6.07) is 13.5. The number of hydrogen-bond acceptors (Lipinski definition) is 5. The maximum absolute atomic E-state index is 12.6. The summed E-state index contributed by atoms with van der Waals surface area (Å²) in [6.07, 6.45) is 0.268. The highest BCUT2D eigenvalue weighted by Gasteiger charge is 2.24. The molecule has 25 heavy (non-hydrogen) atoms. The molecule has 132 valence electrons. The minimum atomic E-state index is -3.08. The third kappa shape index (κ3) is 4.49. The van der Waals surface area contributed by atoms with Gasteiger partial charge in [-0.1, -0.05) is 35.9 Å². The largest absolute Gasteiger partial charge is 0.335 e. The molecular formula is C18H19ClNO3PS. The molecule has 0 aliphatic rings. The Balaban J connectivity index is 1.82. The van der Waals surface area contributed by atoms with Crippen molar-refractivity contribution in [2.75, 3.05) is 13.2 Å². The highest BCUT2D eigenvalue weighted by atomic mass is 35.5. The maximum Gasteiger partial charge on any atom is 0.335 e. The predicted molar refractivity (Wildman–Crippen MR) is 105 cm³/mol. The van der Waals surface area contributed by atoms with Gasteiger partial charge in [0.15, 0.2) is 0 Å². The molecule has 1 aromatic heterocycles. The van der Waals surface area contributed by atoms with Crippen LogP contribution in [0.15, 0.2) is 42.5 Å². The van der Waals surface area contributed by atoms with Crippen LogP contribution in [0.4, 0.5) is 0 Å². The van der Waals surface area contributed by atoms with E-state index in [1.807, 2.05) is 56.3 Å². The normalized spacial score (nSPS) is 12.0. The molecule has 0 aliphatic carbocycles. The van der Waals surface area contributed by atoms with E-state index in [4.69, 9.17) is 20.6 Å². The average Bonchev–Trinajstić information content (AvgIpc) is 2.99. The fourth-order valence-corrected chi connectivity index (χ4v) is 5.47. The third-order valence-electron chi connectivity index (χ3n) is 3.58. The van der Waals surface area contributed by atoms with Crippen LogP contribution in [-0.4, -0.2) is 18.2 Å². The monoisotopic (exact) mass is 395 g/mol. The van der Waals surface area contributed by atoms with Crippen molar-refractivity contribution in [2.45, 2.75) is 20.0 Å². The number of halogens is 1. The molecule has 0 bridgehead atoms. The second-order valence-electron chi connectivity index (χ2n) is 5.43. The van der Waals surface area contributed by atoms with Crippen molar-refractivity contribution in [1.29, 1.82) is 0 Å². The van der Waals surface area contributed by atoms with Gasteiger partial charge in [-0.05, 0) is 37.6 Å². The standard InChI is InChI=1S/C18H19ClNO3PS/c1-3-22-24(21,23-4-2)12-13-5-7-14(8-6-13)18-20-16-10-9-15(19)11-17(16)25-18/h5-11H,3-4,12H2,1-2H3. The number of aromatic nitrogens is 1. The van der Waals surface area contributed by atoms with E-state index in [1.165, 1.54) is 0 Å². The maximum atomic E-state index is 12.6. The van der Waals surface area contributed by atoms with Gasteiger partial charge in [-0.25, -0.2) is 4.98 Å². The molecule has 7 heteroatoms. The molecule has 0 N–H and O–H groups in total. The molecule has 3 aromatic rings. The molecular weight excluding hydrogens is 377 g/mol. The first-order valence-corrected chi connectivity index (χ1v) is 11.0. The molecule has 0 amide bonds. The zero-order chi connectivity index (χ0) is 17.9. The van der Waals surface area contributed by atoms with Crippen molar-refractivity contribution in [3.05, 3.63) is 53.1 Å². The lowest BCUT2D eigenvalue weighted by atomic mass is 10.2. The molecule has 0 fully saturated rings. The number of benzene rings is 2. The molecule has 4 nitrogen and oxygen atoms in total. The van der Waals surface area contributed by atoms with Crippen molar-refractivity contribution in [1.82, 2.24) is 4.98 Å². The van der Waals surface area contributed by atoms with E-state index in [0.717, 1.165) is 26.4 Å². The van der Waals surface area contributed by atoms with Gasteiger partial charge in [-0.2, -0.15) is 0 Å². The van der Waals surface area contributed by atoms with Crippen LogP contribution in [0.25, 0.3) is 20.8 Å². The lowest BCUT2D eigenvalue weighted by Gasteiger charge is -2.17. The average molecular weight is 396 g/mol. The van der Waals surface area contributed by atoms with Crippen molar-refractivity contribution in [2.24, 2.45) is 0 Å². The topological polar surface area (TPSA) is 48.4 Å². The molecule has 0 saturated carbocycles. The van der Waals surface area contributed by atoms with Gasteiger partial charge in [0.05, 0.1) is 29.6 Å². The fraction of sp³-hybridized carbons (Fsp3) is 0.278. The Morgan fingerprint density at radius 1 is 1.08 bits per heavy atom. The molecule has 1 heterocycles. The summed E-state index contributed by atoms with van der Waals surface area (Å²) in [5.41, 5.74) is 2.87. The van der Waals surface area contributed by atoms with Crippen molar-refractivity contribution < 1.29 is 13.6 Å². The molecule has 0 atom stereocenters. The first kappa shape index (κ1) is 18.6. The molecule has 2 aromatic carbocycles. The summed E-state index contributed by atoms with van der Waals surface area (Å²) >= 11 is 7.64. The lowest BCUT2D eigenvalue weighted by molar-refractivity contribution is 0.219. The quantitative estimate of drug-likeness (QED) is 0.435. The number of fused-ring (bicyclic) bond motifs is 1. The van der Waals surface area contributed by atoms with Crippen LogP contribution in [-0.2, 0) is 19.8 Å². The van der Waals surface area contributed by atoms with Gasteiger partial charge in [0, 0.05) is 10.6 Å². The Labute approximate surface area is 156 Å². The SMILES string of the molecule is CCOP(=O)(Cc1ccc(-c2nc3ccc(Cl)cc3s2)cc1)OCC. The van der Waals surface area contributed by atoms with Crippen molar-refractivity contribution >= 4 is 40.8 Å². The Hall–Kier alpha value is -1.23. The van der Waals surface area contributed by atoms with Crippen LogP contribution in [0, 0.1) is 0 Å². The van der Waals surface area contributed by atoms with E-state index in [-0.39, 0.29) is 6.16 Å². The summed E-state index contributed by atoms with van der Waals surface area (Å²) in [7, 11) is -3.08. The summed E-state index contributed by atoms with van der Waals surface area (Å²) in [4.78, 5) is 4.64. The Morgan fingerprint density at radius 3 is 2.40 bits per heavy atom. The second kappa shape index (κ2) is 7.98. The van der Waals surface area contributed by atoms with E-state index >= 15 is 0 Å². The highest BCUT2D eigenvalue weighted by Crippen LogP contribution is 2.51. The Bertz CT molecular complexity index is 900. The summed E-state index contributed by atoms with van der Waals surface area (Å²) in [5.74, 6) is 0. The summed E-state index contributed by atoms with van der Waals surface area (Å²) in [5, 5.41) is 1.64. The third-order valence-corrected chi connectivity index (χ3v) is 6.94. The number of hydrogen-bond donors (Lipinski definition) is 0.